The average Bonchev–Trinajstić information content (AvgIpc) is 2.84. The molecule has 4 heteroatoms. The number of thiophene rings is 1. The van der Waals surface area contributed by atoms with Gasteiger partial charge in [0.05, 0.1) is 19.1 Å². The summed E-state index contributed by atoms with van der Waals surface area (Å²) in [5.41, 5.74) is 1.07. The first-order valence-corrected chi connectivity index (χ1v) is 7.75. The molecule has 3 aromatic rings. The molecule has 0 fully saturated rings. The topological polar surface area (TPSA) is 18.5 Å². The largest absolute Gasteiger partial charge is 0.497 e. The summed E-state index contributed by atoms with van der Waals surface area (Å²) < 4.78 is 13.1. The molecule has 102 valence electrons. The molecule has 0 spiro atoms. The Morgan fingerprint density at radius 2 is 1.80 bits per heavy atom. The molecule has 0 saturated carbocycles. The molecule has 0 aliphatic rings. The van der Waals surface area contributed by atoms with Crippen molar-refractivity contribution in [2.75, 3.05) is 14.2 Å². The van der Waals surface area contributed by atoms with Gasteiger partial charge in [0.1, 0.15) is 11.5 Å². The number of benzene rings is 2. The van der Waals surface area contributed by atoms with Gasteiger partial charge in [-0.1, -0.05) is 18.2 Å². The zero-order valence-corrected chi connectivity index (χ0v) is 13.5. The Morgan fingerprint density at radius 1 is 1.00 bits per heavy atom. The van der Waals surface area contributed by atoms with Gasteiger partial charge in [0.15, 0.2) is 0 Å². The van der Waals surface area contributed by atoms with Gasteiger partial charge in [0.2, 0.25) is 0 Å². The van der Waals surface area contributed by atoms with Crippen LogP contribution in [0.1, 0.15) is 0 Å². The van der Waals surface area contributed by atoms with Gasteiger partial charge in [-0.3, -0.25) is 0 Å². The van der Waals surface area contributed by atoms with Crippen molar-refractivity contribution in [1.29, 1.82) is 0 Å². The number of fused-ring (bicyclic) bond motifs is 1. The summed E-state index contributed by atoms with van der Waals surface area (Å²) >= 11 is 5.46. The van der Waals surface area contributed by atoms with E-state index < -0.39 is 0 Å². The molecule has 0 bridgehead atoms. The first kappa shape index (κ1) is 13.5. The maximum Gasteiger partial charge on any atom is 0.131 e. The molecular weight excluding hydrogens is 336 g/mol. The van der Waals surface area contributed by atoms with E-state index in [1.54, 1.807) is 25.6 Å². The second kappa shape index (κ2) is 5.46. The molecule has 0 radical (unpaired) electrons. The third-order valence-corrected chi connectivity index (χ3v) is 5.48. The second-order valence-electron chi connectivity index (χ2n) is 4.31. The Kier molecular flexibility index (Phi) is 3.68. The maximum atomic E-state index is 5.50. The summed E-state index contributed by atoms with van der Waals surface area (Å²) in [5.74, 6) is 1.61. The lowest BCUT2D eigenvalue weighted by Gasteiger charge is -2.09. The Labute approximate surface area is 130 Å². The Balaban J connectivity index is 2.22. The molecule has 0 unspecified atom stereocenters. The molecule has 0 atom stereocenters. The third-order valence-electron chi connectivity index (χ3n) is 3.19. The average molecular weight is 349 g/mol. The quantitative estimate of drug-likeness (QED) is 0.635. The molecule has 2 aromatic carbocycles. The van der Waals surface area contributed by atoms with Gasteiger partial charge >= 0.3 is 0 Å². The maximum absolute atomic E-state index is 5.50. The third kappa shape index (κ3) is 2.19. The number of halogens is 1. The van der Waals surface area contributed by atoms with E-state index in [1.165, 1.54) is 15.0 Å². The van der Waals surface area contributed by atoms with E-state index in [4.69, 9.17) is 9.47 Å². The van der Waals surface area contributed by atoms with E-state index in [-0.39, 0.29) is 0 Å². The number of methoxy groups -OCH3 is 2. The van der Waals surface area contributed by atoms with Gasteiger partial charge in [0, 0.05) is 26.2 Å². The minimum atomic E-state index is 0.794. The zero-order valence-electron chi connectivity index (χ0n) is 11.1. The van der Waals surface area contributed by atoms with Crippen molar-refractivity contribution < 1.29 is 9.47 Å². The summed E-state index contributed by atoms with van der Waals surface area (Å²) in [5, 5.41) is 1.23. The highest BCUT2D eigenvalue weighted by Crippen LogP contribution is 2.45. The number of hydrogen-bond acceptors (Lipinski definition) is 3. The van der Waals surface area contributed by atoms with Crippen molar-refractivity contribution in [3.8, 4) is 21.9 Å². The molecule has 0 aliphatic heterocycles. The highest BCUT2D eigenvalue weighted by atomic mass is 79.9. The van der Waals surface area contributed by atoms with Crippen molar-refractivity contribution in [3.63, 3.8) is 0 Å². The van der Waals surface area contributed by atoms with Gasteiger partial charge < -0.3 is 9.47 Å². The highest BCUT2D eigenvalue weighted by molar-refractivity contribution is 9.10. The minimum absolute atomic E-state index is 0.794. The summed E-state index contributed by atoms with van der Waals surface area (Å²) in [6, 6.07) is 14.3. The summed E-state index contributed by atoms with van der Waals surface area (Å²) in [4.78, 5) is 1.17. The Bertz CT molecular complexity index is 764. The fourth-order valence-corrected chi connectivity index (χ4v) is 4.23. The van der Waals surface area contributed by atoms with Crippen LogP contribution >= 0.6 is 27.3 Å². The van der Waals surface area contributed by atoms with Crippen LogP contribution in [0.15, 0.2) is 46.9 Å². The lowest BCUT2D eigenvalue weighted by atomic mass is 10.1. The van der Waals surface area contributed by atoms with Crippen molar-refractivity contribution in [3.05, 3.63) is 46.9 Å². The van der Waals surface area contributed by atoms with Crippen LogP contribution in [-0.4, -0.2) is 14.2 Å². The predicted octanol–water partition coefficient (Wildman–Crippen LogP) is 5.35. The summed E-state index contributed by atoms with van der Waals surface area (Å²) in [6.07, 6.45) is 0. The standard InChI is InChI=1S/C16H13BrO2S/c1-18-10-7-8-11(13(9-10)19-2)16-15(17)12-5-3-4-6-14(12)20-16/h3-9H,1-2H3. The molecule has 0 N–H and O–H groups in total. The smallest absolute Gasteiger partial charge is 0.131 e. The molecule has 3 rings (SSSR count). The van der Waals surface area contributed by atoms with E-state index in [0.717, 1.165) is 21.5 Å². The minimum Gasteiger partial charge on any atom is -0.497 e. The molecule has 1 aromatic heterocycles. The Hall–Kier alpha value is -1.52. The van der Waals surface area contributed by atoms with Crippen LogP contribution in [-0.2, 0) is 0 Å². The van der Waals surface area contributed by atoms with E-state index in [2.05, 4.69) is 40.2 Å². The van der Waals surface area contributed by atoms with Crippen LogP contribution in [0.25, 0.3) is 20.5 Å². The van der Waals surface area contributed by atoms with Gasteiger partial charge in [-0.2, -0.15) is 0 Å². The second-order valence-corrected chi connectivity index (χ2v) is 6.15. The summed E-state index contributed by atoms with van der Waals surface area (Å²) in [7, 11) is 3.34. The van der Waals surface area contributed by atoms with Gasteiger partial charge in [-0.25, -0.2) is 0 Å². The normalized spacial score (nSPS) is 10.8. The number of rotatable bonds is 3. The van der Waals surface area contributed by atoms with Crippen molar-refractivity contribution in [2.24, 2.45) is 0 Å². The number of hydrogen-bond donors (Lipinski definition) is 0. The van der Waals surface area contributed by atoms with Crippen LogP contribution in [0.3, 0.4) is 0 Å². The van der Waals surface area contributed by atoms with Gasteiger partial charge in [-0.05, 0) is 34.1 Å². The molecule has 20 heavy (non-hydrogen) atoms. The zero-order chi connectivity index (χ0) is 14.1. The molecule has 2 nitrogen and oxygen atoms in total. The SMILES string of the molecule is COc1ccc(-c2sc3ccccc3c2Br)c(OC)c1. The Morgan fingerprint density at radius 3 is 2.50 bits per heavy atom. The lowest BCUT2D eigenvalue weighted by molar-refractivity contribution is 0.395. The van der Waals surface area contributed by atoms with Crippen LogP contribution in [0, 0.1) is 0 Å². The predicted molar refractivity (Wildman–Crippen MR) is 88.1 cm³/mol. The van der Waals surface area contributed by atoms with Crippen LogP contribution < -0.4 is 9.47 Å². The molecule has 1 heterocycles. The van der Waals surface area contributed by atoms with Crippen LogP contribution in [0.2, 0.25) is 0 Å². The first-order chi connectivity index (χ1) is 9.74. The van der Waals surface area contributed by atoms with Crippen molar-refractivity contribution in [2.45, 2.75) is 0 Å². The molecular formula is C16H13BrO2S. The van der Waals surface area contributed by atoms with Crippen molar-refractivity contribution in [1.82, 2.24) is 0 Å². The van der Waals surface area contributed by atoms with E-state index in [0.29, 0.717) is 0 Å². The lowest BCUT2D eigenvalue weighted by Crippen LogP contribution is -1.89. The molecule has 0 saturated heterocycles. The van der Waals surface area contributed by atoms with E-state index in [9.17, 15) is 0 Å². The van der Waals surface area contributed by atoms with Crippen LogP contribution in [0.4, 0.5) is 0 Å². The molecule has 0 amide bonds. The van der Waals surface area contributed by atoms with E-state index >= 15 is 0 Å². The van der Waals surface area contributed by atoms with Gasteiger partial charge in [-0.15, -0.1) is 11.3 Å². The van der Waals surface area contributed by atoms with Crippen LogP contribution in [0.5, 0.6) is 11.5 Å². The van der Waals surface area contributed by atoms with E-state index in [1.807, 2.05) is 18.2 Å². The highest BCUT2D eigenvalue weighted by Gasteiger charge is 2.15. The number of ether oxygens (including phenoxy) is 2. The first-order valence-electron chi connectivity index (χ1n) is 6.14. The van der Waals surface area contributed by atoms with Gasteiger partial charge in [0.25, 0.3) is 0 Å². The summed E-state index contributed by atoms with van der Waals surface area (Å²) in [6.45, 7) is 0. The molecule has 0 aliphatic carbocycles. The fourth-order valence-electron chi connectivity index (χ4n) is 2.17. The van der Waals surface area contributed by atoms with Crippen molar-refractivity contribution >= 4 is 37.4 Å². The fraction of sp³-hybridized carbons (Fsp3) is 0.125. The monoisotopic (exact) mass is 348 g/mol.